The van der Waals surface area contributed by atoms with E-state index in [1.165, 1.54) is 11.3 Å². The van der Waals surface area contributed by atoms with Gasteiger partial charge in [-0.25, -0.2) is 4.98 Å². The summed E-state index contributed by atoms with van der Waals surface area (Å²) in [6, 6.07) is 0. The molecule has 1 unspecified atom stereocenters. The smallest absolute Gasteiger partial charge is 0.137 e. The molecule has 2 aliphatic heterocycles. The predicted molar refractivity (Wildman–Crippen MR) is 62.3 cm³/mol. The van der Waals surface area contributed by atoms with E-state index in [2.05, 4.69) is 9.97 Å². The van der Waals surface area contributed by atoms with Crippen LogP contribution in [0.5, 0.6) is 0 Å². The highest BCUT2D eigenvalue weighted by atomic mass is 32.2. The van der Waals surface area contributed by atoms with Gasteiger partial charge in [-0.3, -0.25) is 0 Å². The van der Waals surface area contributed by atoms with E-state index in [9.17, 15) is 0 Å². The molecule has 0 aromatic carbocycles. The average Bonchev–Trinajstić information content (AvgIpc) is 2.88. The molecule has 1 atom stereocenters. The van der Waals surface area contributed by atoms with Crippen molar-refractivity contribution >= 4 is 24.0 Å². The number of rotatable bonds is 1. The zero-order valence-corrected chi connectivity index (χ0v) is 9.92. The van der Waals surface area contributed by atoms with Crippen molar-refractivity contribution in [3.8, 4) is 0 Å². The number of aromatic nitrogens is 2. The standard InChI is InChI=1S/C10H12N2OS2/c14-10-6-4-15-5-7(6)11-9(12-10)8-2-1-3-13-8/h8H,1-5H2,(H,11,12,14). The number of nitrogens with one attached hydrogen (secondary N) is 1. The molecular weight excluding hydrogens is 228 g/mol. The van der Waals surface area contributed by atoms with Crippen LogP contribution in [0.25, 0.3) is 0 Å². The van der Waals surface area contributed by atoms with E-state index in [-0.39, 0.29) is 6.10 Å². The van der Waals surface area contributed by atoms with Gasteiger partial charge in [0.1, 0.15) is 16.6 Å². The lowest BCUT2D eigenvalue weighted by Crippen LogP contribution is -2.06. The van der Waals surface area contributed by atoms with Crippen molar-refractivity contribution in [1.29, 1.82) is 0 Å². The molecule has 3 rings (SSSR count). The average molecular weight is 240 g/mol. The van der Waals surface area contributed by atoms with Gasteiger partial charge in [0.25, 0.3) is 0 Å². The Morgan fingerprint density at radius 1 is 1.47 bits per heavy atom. The Morgan fingerprint density at radius 2 is 2.40 bits per heavy atom. The Labute approximate surface area is 97.6 Å². The number of H-pyrrole nitrogens is 1. The van der Waals surface area contributed by atoms with Gasteiger partial charge in [-0.1, -0.05) is 12.2 Å². The van der Waals surface area contributed by atoms with E-state index in [4.69, 9.17) is 17.0 Å². The van der Waals surface area contributed by atoms with Crippen LogP contribution in [0.3, 0.4) is 0 Å². The molecule has 1 aromatic heterocycles. The normalized spacial score (nSPS) is 24.4. The fourth-order valence-corrected chi connectivity index (χ4v) is 3.49. The van der Waals surface area contributed by atoms with E-state index >= 15 is 0 Å². The lowest BCUT2D eigenvalue weighted by molar-refractivity contribution is 0.105. The van der Waals surface area contributed by atoms with E-state index in [0.29, 0.717) is 0 Å². The van der Waals surface area contributed by atoms with Crippen LogP contribution in [0.15, 0.2) is 0 Å². The Kier molecular flexibility index (Phi) is 2.54. The van der Waals surface area contributed by atoms with Crippen molar-refractivity contribution < 1.29 is 4.74 Å². The molecule has 1 saturated heterocycles. The van der Waals surface area contributed by atoms with Gasteiger partial charge in [-0.15, -0.1) is 0 Å². The molecule has 15 heavy (non-hydrogen) atoms. The largest absolute Gasteiger partial charge is 0.370 e. The lowest BCUT2D eigenvalue weighted by atomic mass is 10.2. The van der Waals surface area contributed by atoms with Crippen LogP contribution in [-0.4, -0.2) is 16.6 Å². The van der Waals surface area contributed by atoms with Crippen molar-refractivity contribution in [1.82, 2.24) is 9.97 Å². The molecule has 0 amide bonds. The van der Waals surface area contributed by atoms with Crippen molar-refractivity contribution in [2.45, 2.75) is 30.5 Å². The summed E-state index contributed by atoms with van der Waals surface area (Å²) in [5, 5.41) is 0. The van der Waals surface area contributed by atoms with E-state index in [1.54, 1.807) is 0 Å². The Morgan fingerprint density at radius 3 is 3.20 bits per heavy atom. The molecule has 1 fully saturated rings. The molecule has 0 spiro atoms. The first-order valence-corrected chi connectivity index (χ1v) is 6.72. The Hall–Kier alpha value is -0.390. The van der Waals surface area contributed by atoms with E-state index in [0.717, 1.165) is 41.4 Å². The molecule has 3 nitrogen and oxygen atoms in total. The Bertz CT molecular complexity index is 438. The van der Waals surface area contributed by atoms with Crippen molar-refractivity contribution in [2.24, 2.45) is 0 Å². The minimum absolute atomic E-state index is 0.141. The van der Waals surface area contributed by atoms with Crippen LogP contribution in [0.2, 0.25) is 0 Å². The fourth-order valence-electron chi connectivity index (χ4n) is 2.04. The molecule has 80 valence electrons. The third kappa shape index (κ3) is 1.73. The van der Waals surface area contributed by atoms with Crippen molar-refractivity contribution in [3.63, 3.8) is 0 Å². The predicted octanol–water partition coefficient (Wildman–Crippen LogP) is 2.74. The van der Waals surface area contributed by atoms with Gasteiger partial charge in [-0.2, -0.15) is 11.8 Å². The van der Waals surface area contributed by atoms with Crippen LogP contribution in [0.4, 0.5) is 0 Å². The van der Waals surface area contributed by atoms with Gasteiger partial charge in [0.05, 0.1) is 0 Å². The van der Waals surface area contributed by atoms with Gasteiger partial charge in [0.15, 0.2) is 0 Å². The molecule has 0 radical (unpaired) electrons. The zero-order valence-electron chi connectivity index (χ0n) is 8.28. The maximum absolute atomic E-state index is 5.61. The van der Waals surface area contributed by atoms with E-state index in [1.807, 2.05) is 11.8 Å². The monoisotopic (exact) mass is 240 g/mol. The summed E-state index contributed by atoms with van der Waals surface area (Å²) in [4.78, 5) is 7.83. The number of fused-ring (bicyclic) bond motifs is 1. The highest BCUT2D eigenvalue weighted by Gasteiger charge is 2.23. The lowest BCUT2D eigenvalue weighted by Gasteiger charge is -2.10. The van der Waals surface area contributed by atoms with Crippen LogP contribution in [0.1, 0.15) is 36.0 Å². The number of aromatic amines is 1. The van der Waals surface area contributed by atoms with Gasteiger partial charge in [0, 0.05) is 29.4 Å². The zero-order chi connectivity index (χ0) is 10.3. The minimum Gasteiger partial charge on any atom is -0.370 e. The molecule has 0 aliphatic carbocycles. The molecule has 0 bridgehead atoms. The van der Waals surface area contributed by atoms with E-state index < -0.39 is 0 Å². The summed E-state index contributed by atoms with van der Waals surface area (Å²) >= 11 is 7.19. The summed E-state index contributed by atoms with van der Waals surface area (Å²) in [6.45, 7) is 0.846. The quantitative estimate of drug-likeness (QED) is 0.766. The van der Waals surface area contributed by atoms with Crippen molar-refractivity contribution in [2.75, 3.05) is 6.61 Å². The maximum atomic E-state index is 5.61. The van der Waals surface area contributed by atoms with Crippen LogP contribution in [0, 0.1) is 4.64 Å². The van der Waals surface area contributed by atoms with Crippen LogP contribution in [-0.2, 0) is 16.2 Å². The second-order valence-corrected chi connectivity index (χ2v) is 5.25. The summed E-state index contributed by atoms with van der Waals surface area (Å²) in [5.41, 5.74) is 2.47. The molecular formula is C10H12N2OS2. The first kappa shape index (κ1) is 9.81. The number of hydrogen-bond acceptors (Lipinski definition) is 4. The maximum Gasteiger partial charge on any atom is 0.137 e. The number of ether oxygens (including phenoxy) is 1. The minimum atomic E-state index is 0.141. The first-order chi connectivity index (χ1) is 7.34. The van der Waals surface area contributed by atoms with Crippen LogP contribution < -0.4 is 0 Å². The molecule has 1 N–H and O–H groups in total. The molecule has 2 aliphatic rings. The third-order valence-corrected chi connectivity index (χ3v) is 4.17. The van der Waals surface area contributed by atoms with Crippen molar-refractivity contribution in [3.05, 3.63) is 21.7 Å². The van der Waals surface area contributed by atoms with Gasteiger partial charge >= 0.3 is 0 Å². The van der Waals surface area contributed by atoms with Gasteiger partial charge in [0.2, 0.25) is 0 Å². The second kappa shape index (κ2) is 3.88. The summed E-state index contributed by atoms with van der Waals surface area (Å²) in [5.74, 6) is 2.96. The fraction of sp³-hybridized carbons (Fsp3) is 0.600. The SMILES string of the molecule is S=c1nc(C2CCCO2)[nH]c2c1CSC2. The van der Waals surface area contributed by atoms with Gasteiger partial charge in [-0.05, 0) is 12.8 Å². The third-order valence-electron chi connectivity index (χ3n) is 2.85. The summed E-state index contributed by atoms with van der Waals surface area (Å²) in [7, 11) is 0. The first-order valence-electron chi connectivity index (χ1n) is 5.16. The number of thioether (sulfide) groups is 1. The highest BCUT2D eigenvalue weighted by Crippen LogP contribution is 2.32. The number of hydrogen-bond donors (Lipinski definition) is 1. The Balaban J connectivity index is 2.03. The molecule has 5 heteroatoms. The highest BCUT2D eigenvalue weighted by molar-refractivity contribution is 7.98. The van der Waals surface area contributed by atoms with Gasteiger partial charge < -0.3 is 9.72 Å². The number of nitrogens with zero attached hydrogens (tertiary/aromatic N) is 1. The summed E-state index contributed by atoms with van der Waals surface area (Å²) in [6.07, 6.45) is 2.32. The summed E-state index contributed by atoms with van der Waals surface area (Å²) < 4.78 is 6.37. The molecule has 0 saturated carbocycles. The van der Waals surface area contributed by atoms with Crippen LogP contribution >= 0.6 is 24.0 Å². The topological polar surface area (TPSA) is 37.9 Å². The molecule has 3 heterocycles. The molecule has 1 aromatic rings. The second-order valence-electron chi connectivity index (χ2n) is 3.88.